The lowest BCUT2D eigenvalue weighted by molar-refractivity contribution is -0.140. The first-order valence-corrected chi connectivity index (χ1v) is 5.91. The third-order valence-electron chi connectivity index (χ3n) is 4.04. The van der Waals surface area contributed by atoms with Gasteiger partial charge in [0.1, 0.15) is 0 Å². The van der Waals surface area contributed by atoms with Gasteiger partial charge in [-0.3, -0.25) is 19.3 Å². The molecule has 2 amide bonds. The molecule has 0 aromatic heterocycles. The van der Waals surface area contributed by atoms with E-state index in [0.29, 0.717) is 11.1 Å². The van der Waals surface area contributed by atoms with Crippen molar-refractivity contribution in [2.24, 2.45) is 11.8 Å². The molecule has 90 valence electrons. The largest absolute Gasteiger partial charge is 0.481 e. The van der Waals surface area contributed by atoms with Crippen molar-refractivity contribution in [1.29, 1.82) is 0 Å². The van der Waals surface area contributed by atoms with Crippen molar-refractivity contribution in [3.8, 4) is 0 Å². The minimum Gasteiger partial charge on any atom is -0.481 e. The van der Waals surface area contributed by atoms with E-state index in [9.17, 15) is 14.4 Å². The van der Waals surface area contributed by atoms with Gasteiger partial charge in [0, 0.05) is 17.7 Å². The molecule has 5 nitrogen and oxygen atoms in total. The summed E-state index contributed by atoms with van der Waals surface area (Å²) in [4.78, 5) is 35.7. The van der Waals surface area contributed by atoms with Crippen LogP contribution in [0.1, 0.15) is 25.7 Å². The van der Waals surface area contributed by atoms with Crippen molar-refractivity contribution in [3.05, 3.63) is 11.1 Å². The van der Waals surface area contributed by atoms with Crippen LogP contribution < -0.4 is 0 Å². The van der Waals surface area contributed by atoms with Crippen LogP contribution in [-0.4, -0.2) is 34.3 Å². The zero-order valence-corrected chi connectivity index (χ0v) is 9.31. The zero-order valence-electron chi connectivity index (χ0n) is 9.31. The van der Waals surface area contributed by atoms with Crippen LogP contribution in [0.2, 0.25) is 0 Å². The Kier molecular flexibility index (Phi) is 2.11. The highest BCUT2D eigenvalue weighted by atomic mass is 16.4. The third kappa shape index (κ3) is 1.34. The number of aliphatic carboxylic acids is 1. The Bertz CT molecular complexity index is 433. The molecule has 0 radical (unpaired) electrons. The minimum atomic E-state index is -0.986. The molecule has 0 spiro atoms. The number of rotatable bonds is 3. The van der Waals surface area contributed by atoms with Crippen LogP contribution in [0.3, 0.4) is 0 Å². The van der Waals surface area contributed by atoms with Crippen molar-refractivity contribution in [1.82, 2.24) is 4.90 Å². The second-order valence-corrected chi connectivity index (χ2v) is 4.94. The molecule has 3 rings (SSSR count). The van der Waals surface area contributed by atoms with Crippen LogP contribution in [0.5, 0.6) is 0 Å². The highest BCUT2D eigenvalue weighted by molar-refractivity contribution is 6.20. The lowest BCUT2D eigenvalue weighted by Gasteiger charge is -2.16. The molecule has 2 atom stereocenters. The molecule has 3 aliphatic rings. The summed E-state index contributed by atoms with van der Waals surface area (Å²) in [7, 11) is 0. The molecule has 1 N–H and O–H groups in total. The van der Waals surface area contributed by atoms with Gasteiger partial charge in [-0.15, -0.1) is 0 Å². The van der Waals surface area contributed by atoms with Crippen LogP contribution >= 0.6 is 0 Å². The van der Waals surface area contributed by atoms with E-state index in [1.54, 1.807) is 0 Å². The van der Waals surface area contributed by atoms with Crippen LogP contribution in [0.15, 0.2) is 11.1 Å². The Morgan fingerprint density at radius 3 is 2.18 bits per heavy atom. The number of amides is 2. The number of nitrogens with zero attached hydrogens (tertiary/aromatic N) is 1. The summed E-state index contributed by atoms with van der Waals surface area (Å²) >= 11 is 0. The molecule has 5 heteroatoms. The van der Waals surface area contributed by atoms with Crippen molar-refractivity contribution in [2.75, 3.05) is 6.54 Å². The van der Waals surface area contributed by atoms with Crippen LogP contribution in [0.4, 0.5) is 0 Å². The number of fused-ring (bicyclic) bond motifs is 4. The SMILES string of the molecule is O=C(O)CCN1C(=O)C2=C(C1=O)C1CCC2C1. The molecular formula is C12H13NO4. The predicted octanol–water partition coefficient (Wildman–Crippen LogP) is 0.556. The number of carbonyl (C=O) groups is 3. The van der Waals surface area contributed by atoms with Crippen LogP contribution in [0.25, 0.3) is 0 Å². The molecule has 1 fully saturated rings. The molecule has 2 aliphatic carbocycles. The summed E-state index contributed by atoms with van der Waals surface area (Å²) in [5.74, 6) is -0.958. The van der Waals surface area contributed by atoms with Crippen molar-refractivity contribution in [3.63, 3.8) is 0 Å². The average molecular weight is 235 g/mol. The number of imide groups is 1. The topological polar surface area (TPSA) is 74.7 Å². The number of carboxylic acids is 1. The normalized spacial score (nSPS) is 30.5. The summed E-state index contributed by atoms with van der Waals surface area (Å²) in [5, 5.41) is 8.60. The van der Waals surface area contributed by atoms with Gasteiger partial charge >= 0.3 is 5.97 Å². The maximum Gasteiger partial charge on any atom is 0.305 e. The van der Waals surface area contributed by atoms with Gasteiger partial charge in [0.25, 0.3) is 11.8 Å². The van der Waals surface area contributed by atoms with E-state index in [-0.39, 0.29) is 36.6 Å². The Labute approximate surface area is 98.1 Å². The summed E-state index contributed by atoms with van der Waals surface area (Å²) < 4.78 is 0. The number of likely N-dealkylation sites (tertiary alicyclic amines) is 1. The molecular weight excluding hydrogens is 222 g/mol. The summed E-state index contributed by atoms with van der Waals surface area (Å²) in [5.41, 5.74) is 1.38. The Morgan fingerprint density at radius 1 is 1.18 bits per heavy atom. The fourth-order valence-electron chi connectivity index (χ4n) is 3.32. The second-order valence-electron chi connectivity index (χ2n) is 4.94. The zero-order chi connectivity index (χ0) is 12.2. The smallest absolute Gasteiger partial charge is 0.305 e. The summed E-state index contributed by atoms with van der Waals surface area (Å²) in [6.07, 6.45) is 2.76. The summed E-state index contributed by atoms with van der Waals surface area (Å²) in [6, 6.07) is 0. The third-order valence-corrected chi connectivity index (χ3v) is 4.04. The molecule has 1 aliphatic heterocycles. The van der Waals surface area contributed by atoms with Gasteiger partial charge < -0.3 is 5.11 Å². The predicted molar refractivity (Wildman–Crippen MR) is 56.8 cm³/mol. The van der Waals surface area contributed by atoms with E-state index in [4.69, 9.17) is 5.11 Å². The van der Waals surface area contributed by atoms with Crippen LogP contribution in [-0.2, 0) is 14.4 Å². The highest BCUT2D eigenvalue weighted by Gasteiger charge is 2.51. The number of hydrogen-bond donors (Lipinski definition) is 1. The molecule has 2 bridgehead atoms. The first-order valence-electron chi connectivity index (χ1n) is 5.91. The van der Waals surface area contributed by atoms with E-state index in [2.05, 4.69) is 0 Å². The van der Waals surface area contributed by atoms with Gasteiger partial charge in [0.05, 0.1) is 6.42 Å². The number of carbonyl (C=O) groups excluding carboxylic acids is 2. The van der Waals surface area contributed by atoms with E-state index in [1.165, 1.54) is 0 Å². The van der Waals surface area contributed by atoms with Gasteiger partial charge in [-0.25, -0.2) is 0 Å². The molecule has 1 heterocycles. The first-order chi connectivity index (χ1) is 8.09. The van der Waals surface area contributed by atoms with Crippen molar-refractivity contribution < 1.29 is 19.5 Å². The molecule has 1 saturated carbocycles. The molecule has 17 heavy (non-hydrogen) atoms. The van der Waals surface area contributed by atoms with Gasteiger partial charge in [-0.05, 0) is 31.1 Å². The van der Waals surface area contributed by atoms with Gasteiger partial charge in [-0.2, -0.15) is 0 Å². The minimum absolute atomic E-state index is 0.000556. The maximum atomic E-state index is 12.1. The fraction of sp³-hybridized carbons (Fsp3) is 0.583. The Hall–Kier alpha value is -1.65. The highest BCUT2D eigenvalue weighted by Crippen LogP contribution is 2.52. The quantitative estimate of drug-likeness (QED) is 0.725. The number of carboxylic acid groups (broad SMARTS) is 1. The van der Waals surface area contributed by atoms with E-state index >= 15 is 0 Å². The summed E-state index contributed by atoms with van der Waals surface area (Å²) in [6.45, 7) is -0.000556. The van der Waals surface area contributed by atoms with Crippen molar-refractivity contribution in [2.45, 2.75) is 25.7 Å². The second kappa shape index (κ2) is 3.42. The van der Waals surface area contributed by atoms with Gasteiger partial charge in [-0.1, -0.05) is 0 Å². The van der Waals surface area contributed by atoms with E-state index in [0.717, 1.165) is 24.2 Å². The average Bonchev–Trinajstić information content (AvgIpc) is 2.92. The van der Waals surface area contributed by atoms with Gasteiger partial charge in [0.2, 0.25) is 0 Å². The lowest BCUT2D eigenvalue weighted by atomic mass is 9.93. The number of hydrogen-bond acceptors (Lipinski definition) is 3. The van der Waals surface area contributed by atoms with E-state index in [1.807, 2.05) is 0 Å². The van der Waals surface area contributed by atoms with Crippen LogP contribution in [0, 0.1) is 11.8 Å². The lowest BCUT2D eigenvalue weighted by Crippen LogP contribution is -2.35. The van der Waals surface area contributed by atoms with Gasteiger partial charge in [0.15, 0.2) is 0 Å². The molecule has 0 aromatic carbocycles. The Balaban J connectivity index is 1.83. The van der Waals surface area contributed by atoms with Crippen molar-refractivity contribution >= 4 is 17.8 Å². The standard InChI is InChI=1S/C12H13NO4/c14-8(15)3-4-13-11(16)9-6-1-2-7(5-6)10(9)12(13)17/h6-7H,1-5H2,(H,14,15). The first kappa shape index (κ1) is 10.5. The monoisotopic (exact) mass is 235 g/mol. The van der Waals surface area contributed by atoms with E-state index < -0.39 is 5.97 Å². The Morgan fingerprint density at radius 2 is 1.71 bits per heavy atom. The molecule has 0 saturated heterocycles. The molecule has 2 unspecified atom stereocenters. The molecule has 0 aromatic rings. The fourth-order valence-corrected chi connectivity index (χ4v) is 3.32. The maximum absolute atomic E-state index is 12.1.